The van der Waals surface area contributed by atoms with Crippen molar-refractivity contribution < 1.29 is 13.9 Å². The molecule has 0 bridgehead atoms. The summed E-state index contributed by atoms with van der Waals surface area (Å²) < 4.78 is 23.2. The molecule has 0 amide bonds. The molecule has 8 nitrogen and oxygen atoms in total. The normalized spacial score (nSPS) is 20.1. The molecule has 39 heavy (non-hydrogen) atoms. The zero-order valence-corrected chi connectivity index (χ0v) is 27.6. The fourth-order valence-corrected chi connectivity index (χ4v) is 21.5. The van der Waals surface area contributed by atoms with Gasteiger partial charge in [0.2, 0.25) is 0 Å². The number of fused-ring (bicyclic) bond motifs is 1. The average molecular weight is 648 g/mol. The van der Waals surface area contributed by atoms with Crippen molar-refractivity contribution in [1.29, 1.82) is 0 Å². The number of morpholine rings is 2. The van der Waals surface area contributed by atoms with Gasteiger partial charge >= 0.3 is 236 Å². The van der Waals surface area contributed by atoms with Crippen LogP contribution in [0.4, 0.5) is 5.82 Å². The van der Waals surface area contributed by atoms with Crippen LogP contribution in [-0.2, 0) is 16.0 Å². The van der Waals surface area contributed by atoms with Crippen molar-refractivity contribution in [1.82, 2.24) is 19.8 Å². The maximum atomic E-state index is 6.59. The number of rotatable bonds is 14. The number of likely N-dealkylation sites (tertiary alicyclic amines) is 1. The molecule has 2 aromatic heterocycles. The molecule has 3 aliphatic rings. The minimum absolute atomic E-state index is 0.652. The van der Waals surface area contributed by atoms with Crippen molar-refractivity contribution in [2.45, 2.75) is 85.2 Å². The third kappa shape index (κ3) is 7.11. The minimum atomic E-state index is -2.80. The van der Waals surface area contributed by atoms with E-state index >= 15 is 0 Å². The van der Waals surface area contributed by atoms with E-state index in [2.05, 4.69) is 41.5 Å². The molecule has 0 atom stereocenters. The molecule has 0 aliphatic carbocycles. The number of hydrogen-bond acceptors (Lipinski definition) is 8. The summed E-state index contributed by atoms with van der Waals surface area (Å²) in [5.41, 5.74) is 1.93. The average Bonchev–Trinajstić information content (AvgIpc) is 3.37. The standard InChI is InChI=1S/C18H24N5O3.3C4H9.Sn/c1-5-24-6-2-22(1)14-10-21(11-14)12-15-9-16-17(26-15)18(20-13-19-16)23-3-7-25-8-4-23;3*1-3-4-2;/h9,14H,1-8,10-12H2;3*1,3-4H2,2H3;. The SMILES string of the molecule is CCC[CH2][Sn]([CH2]CCC)([CH2]CCC)[c]1nc(N2CCOCC2)c2oc(CN3CC(N4CCOCC4)C3)cc2n1. The van der Waals surface area contributed by atoms with E-state index < -0.39 is 18.4 Å². The van der Waals surface area contributed by atoms with Crippen LogP contribution in [0.1, 0.15) is 65.1 Å². The Balaban J connectivity index is 1.44. The molecule has 3 aliphatic heterocycles. The molecule has 5 heterocycles. The summed E-state index contributed by atoms with van der Waals surface area (Å²) in [5.74, 6) is 2.06. The molecule has 9 heteroatoms. The molecule has 0 unspecified atom stereocenters. The van der Waals surface area contributed by atoms with Gasteiger partial charge in [0.15, 0.2) is 0 Å². The summed E-state index contributed by atoms with van der Waals surface area (Å²) in [4.78, 5) is 18.4. The first-order valence-corrected chi connectivity index (χ1v) is 23.3. The number of aromatic nitrogens is 2. The number of nitrogens with zero attached hydrogens (tertiary/aromatic N) is 5. The van der Waals surface area contributed by atoms with Gasteiger partial charge in [0.1, 0.15) is 0 Å². The summed E-state index contributed by atoms with van der Waals surface area (Å²) in [6, 6.07) is 2.89. The zero-order valence-electron chi connectivity index (χ0n) is 24.8. The Bertz CT molecular complexity index is 1010. The van der Waals surface area contributed by atoms with Crippen LogP contribution in [0.2, 0.25) is 13.3 Å². The zero-order chi connectivity index (χ0) is 27.1. The Hall–Kier alpha value is -0.941. The molecule has 0 N–H and O–H groups in total. The topological polar surface area (TPSA) is 67.1 Å². The third-order valence-electron chi connectivity index (χ3n) is 9.10. The molecule has 3 saturated heterocycles. The van der Waals surface area contributed by atoms with E-state index in [1.807, 2.05) is 0 Å². The second-order valence-corrected chi connectivity index (χ2v) is 24.9. The van der Waals surface area contributed by atoms with Gasteiger partial charge in [-0.2, -0.15) is 0 Å². The number of hydrogen-bond donors (Lipinski definition) is 0. The van der Waals surface area contributed by atoms with Crippen LogP contribution in [0.5, 0.6) is 0 Å². The van der Waals surface area contributed by atoms with Crippen LogP contribution in [0.3, 0.4) is 0 Å². The quantitative estimate of drug-likeness (QED) is 0.275. The second kappa shape index (κ2) is 14.3. The van der Waals surface area contributed by atoms with Gasteiger partial charge < -0.3 is 4.74 Å². The van der Waals surface area contributed by atoms with Crippen molar-refractivity contribution >= 4 is 39.1 Å². The van der Waals surface area contributed by atoms with Crippen LogP contribution < -0.4 is 8.74 Å². The van der Waals surface area contributed by atoms with Crippen molar-refractivity contribution in [2.24, 2.45) is 0 Å². The van der Waals surface area contributed by atoms with Crippen molar-refractivity contribution in [2.75, 3.05) is 70.6 Å². The predicted octanol–water partition coefficient (Wildman–Crippen LogP) is 4.63. The summed E-state index contributed by atoms with van der Waals surface area (Å²) in [6.45, 7) is 17.2. The monoisotopic (exact) mass is 649 g/mol. The molecule has 2 aromatic rings. The van der Waals surface area contributed by atoms with E-state index in [-0.39, 0.29) is 0 Å². The van der Waals surface area contributed by atoms with Crippen LogP contribution in [0.15, 0.2) is 10.5 Å². The first-order valence-electron chi connectivity index (χ1n) is 15.8. The van der Waals surface area contributed by atoms with Crippen LogP contribution >= 0.6 is 0 Å². The molecule has 5 rings (SSSR count). The van der Waals surface area contributed by atoms with Gasteiger partial charge in [-0.3, -0.25) is 0 Å². The van der Waals surface area contributed by atoms with E-state index in [0.717, 1.165) is 94.9 Å². The molecule has 0 spiro atoms. The van der Waals surface area contributed by atoms with Crippen molar-refractivity contribution in [3.63, 3.8) is 0 Å². The van der Waals surface area contributed by atoms with Gasteiger partial charge in [0.05, 0.1) is 0 Å². The first kappa shape index (κ1) is 29.5. The number of ether oxygens (including phenoxy) is 2. The van der Waals surface area contributed by atoms with E-state index in [1.54, 1.807) is 0 Å². The predicted molar refractivity (Wildman–Crippen MR) is 161 cm³/mol. The number of furan rings is 1. The van der Waals surface area contributed by atoms with Gasteiger partial charge in [-0.1, -0.05) is 0 Å². The fourth-order valence-electron chi connectivity index (χ4n) is 6.59. The number of unbranched alkanes of at least 4 members (excludes halogenated alkanes) is 3. The fraction of sp³-hybridized carbons (Fsp3) is 0.800. The Morgan fingerprint density at radius 2 is 1.41 bits per heavy atom. The molecule has 3 fully saturated rings. The van der Waals surface area contributed by atoms with Crippen molar-refractivity contribution in [3.8, 4) is 0 Å². The maximum absolute atomic E-state index is 6.59. The summed E-state index contributed by atoms with van der Waals surface area (Å²) >= 11 is -2.80. The summed E-state index contributed by atoms with van der Waals surface area (Å²) in [5, 5.41) is 0. The second-order valence-electron chi connectivity index (χ2n) is 12.0. The van der Waals surface area contributed by atoms with Gasteiger partial charge in [-0.15, -0.1) is 0 Å². The van der Waals surface area contributed by atoms with Gasteiger partial charge in [-0.25, -0.2) is 0 Å². The molecule has 0 radical (unpaired) electrons. The Morgan fingerprint density at radius 1 is 0.821 bits per heavy atom. The van der Waals surface area contributed by atoms with Gasteiger partial charge in [0, 0.05) is 0 Å². The Morgan fingerprint density at radius 3 is 2.00 bits per heavy atom. The van der Waals surface area contributed by atoms with Gasteiger partial charge in [0.25, 0.3) is 0 Å². The molecular weight excluding hydrogens is 597 g/mol. The van der Waals surface area contributed by atoms with Crippen LogP contribution in [-0.4, -0.2) is 110 Å². The molecule has 218 valence electrons. The Labute approximate surface area is 239 Å². The van der Waals surface area contributed by atoms with Crippen LogP contribution in [0, 0.1) is 0 Å². The van der Waals surface area contributed by atoms with E-state index in [4.69, 9.17) is 23.9 Å². The number of anilines is 1. The Kier molecular flexibility index (Phi) is 10.8. The van der Waals surface area contributed by atoms with Crippen molar-refractivity contribution in [3.05, 3.63) is 11.8 Å². The van der Waals surface area contributed by atoms with E-state index in [1.165, 1.54) is 55.7 Å². The summed E-state index contributed by atoms with van der Waals surface area (Å²) in [6.07, 6.45) is 7.71. The first-order chi connectivity index (χ1) is 19.2. The molecule has 0 aromatic carbocycles. The van der Waals surface area contributed by atoms with Gasteiger partial charge in [-0.05, 0) is 0 Å². The third-order valence-corrected chi connectivity index (χ3v) is 23.7. The molecule has 0 saturated carbocycles. The van der Waals surface area contributed by atoms with Crippen LogP contribution in [0.25, 0.3) is 11.1 Å². The molecular formula is C30H51N5O3Sn. The summed E-state index contributed by atoms with van der Waals surface area (Å²) in [7, 11) is 0. The van der Waals surface area contributed by atoms with E-state index in [0.29, 0.717) is 6.04 Å². The van der Waals surface area contributed by atoms with E-state index in [9.17, 15) is 0 Å².